The van der Waals surface area contributed by atoms with E-state index in [9.17, 15) is 10.2 Å². The smallest absolute Gasteiger partial charge is 0.171 e. The summed E-state index contributed by atoms with van der Waals surface area (Å²) in [5.74, 6) is 0.690. The minimum Gasteiger partial charge on any atom is -0.393 e. The molecule has 7 atom stereocenters. The van der Waals surface area contributed by atoms with Crippen LogP contribution in [0.25, 0.3) is 0 Å². The number of nitrogens with zero attached hydrogens (tertiary/aromatic N) is 1. The van der Waals surface area contributed by atoms with Crippen LogP contribution >= 0.6 is 0 Å². The van der Waals surface area contributed by atoms with E-state index in [4.69, 9.17) is 9.47 Å². The van der Waals surface area contributed by atoms with Gasteiger partial charge in [0.05, 0.1) is 24.9 Å². The summed E-state index contributed by atoms with van der Waals surface area (Å²) in [4.78, 5) is 2.15. The van der Waals surface area contributed by atoms with Gasteiger partial charge in [-0.25, -0.2) is 0 Å². The number of benzene rings is 1. The largest absolute Gasteiger partial charge is 0.393 e. The van der Waals surface area contributed by atoms with Gasteiger partial charge in [0.2, 0.25) is 0 Å². The zero-order chi connectivity index (χ0) is 26.2. The minimum absolute atomic E-state index is 0.0606. The molecule has 1 aromatic carbocycles. The molecule has 5 aliphatic rings. The van der Waals surface area contributed by atoms with E-state index in [0.29, 0.717) is 31.5 Å². The zero-order valence-corrected chi connectivity index (χ0v) is 23.6. The maximum Gasteiger partial charge on any atom is 0.171 e. The van der Waals surface area contributed by atoms with Crippen molar-refractivity contribution in [2.75, 3.05) is 32.2 Å². The van der Waals surface area contributed by atoms with Crippen LogP contribution in [0.1, 0.15) is 90.0 Å². The number of fused-ring (bicyclic) bond motifs is 4. The number of anilines is 1. The molecule has 3 saturated carbocycles. The van der Waals surface area contributed by atoms with Gasteiger partial charge in [-0.05, 0) is 90.9 Å². The van der Waals surface area contributed by atoms with Crippen molar-refractivity contribution >= 4 is 5.69 Å². The topological polar surface area (TPSA) is 62.2 Å². The maximum atomic E-state index is 12.2. The number of ether oxygens (including phenoxy) is 2. The molecular formula is C32H47NO4. The summed E-state index contributed by atoms with van der Waals surface area (Å²) < 4.78 is 12.2. The lowest BCUT2D eigenvalue weighted by molar-refractivity contribution is -0.208. The van der Waals surface area contributed by atoms with Gasteiger partial charge in [-0.2, -0.15) is 0 Å². The highest BCUT2D eigenvalue weighted by Crippen LogP contribution is 2.71. The Morgan fingerprint density at radius 3 is 2.38 bits per heavy atom. The monoisotopic (exact) mass is 509 g/mol. The molecule has 1 aromatic rings. The van der Waals surface area contributed by atoms with Crippen LogP contribution in [0.4, 0.5) is 5.69 Å². The Balaban J connectivity index is 1.47. The molecule has 1 heterocycles. The summed E-state index contributed by atoms with van der Waals surface area (Å²) in [6.07, 6.45) is 7.88. The first-order valence-electron chi connectivity index (χ1n) is 14.7. The Morgan fingerprint density at radius 1 is 1.03 bits per heavy atom. The summed E-state index contributed by atoms with van der Waals surface area (Å²) in [6.45, 7) is 8.24. The number of hydrogen-bond donors (Lipinski definition) is 2. The molecule has 0 amide bonds. The van der Waals surface area contributed by atoms with Gasteiger partial charge in [-0.15, -0.1) is 0 Å². The summed E-state index contributed by atoms with van der Waals surface area (Å²) >= 11 is 0. The van der Waals surface area contributed by atoms with Crippen molar-refractivity contribution in [3.63, 3.8) is 0 Å². The van der Waals surface area contributed by atoms with E-state index >= 15 is 0 Å². The molecule has 1 saturated heterocycles. The van der Waals surface area contributed by atoms with E-state index in [1.54, 1.807) is 0 Å². The fourth-order valence-corrected chi connectivity index (χ4v) is 9.59. The summed E-state index contributed by atoms with van der Waals surface area (Å²) in [5.41, 5.74) is 4.52. The number of aliphatic hydroxyl groups excluding tert-OH is 1. The first-order valence-corrected chi connectivity index (χ1v) is 14.7. The van der Waals surface area contributed by atoms with Gasteiger partial charge < -0.3 is 24.6 Å². The van der Waals surface area contributed by atoms with Crippen LogP contribution in [0.3, 0.4) is 0 Å². The minimum atomic E-state index is -0.838. The van der Waals surface area contributed by atoms with Gasteiger partial charge in [0.25, 0.3) is 0 Å². The number of hydrogen-bond acceptors (Lipinski definition) is 5. The summed E-state index contributed by atoms with van der Waals surface area (Å²) in [6, 6.07) is 9.11. The second-order valence-corrected chi connectivity index (χ2v) is 13.5. The zero-order valence-electron chi connectivity index (χ0n) is 23.6. The lowest BCUT2D eigenvalue weighted by Crippen LogP contribution is -2.55. The highest BCUT2D eigenvalue weighted by molar-refractivity contribution is 5.50. The van der Waals surface area contributed by atoms with E-state index in [-0.39, 0.29) is 22.9 Å². The van der Waals surface area contributed by atoms with Crippen molar-refractivity contribution in [3.05, 3.63) is 41.0 Å². The molecule has 4 fully saturated rings. The molecule has 2 N–H and O–H groups in total. The van der Waals surface area contributed by atoms with Crippen LogP contribution in [0.5, 0.6) is 0 Å². The van der Waals surface area contributed by atoms with E-state index < -0.39 is 11.4 Å². The average Bonchev–Trinajstić information content (AvgIpc) is 3.44. The van der Waals surface area contributed by atoms with E-state index in [1.165, 1.54) is 28.8 Å². The van der Waals surface area contributed by atoms with Gasteiger partial charge in [0, 0.05) is 38.5 Å². The quantitative estimate of drug-likeness (QED) is 0.503. The fraction of sp³-hybridized carbons (Fsp3) is 0.750. The fourth-order valence-electron chi connectivity index (χ4n) is 9.59. The van der Waals surface area contributed by atoms with Crippen molar-refractivity contribution in [2.45, 2.75) is 102 Å². The summed E-state index contributed by atoms with van der Waals surface area (Å²) in [7, 11) is 4.18. The lowest BCUT2D eigenvalue weighted by atomic mass is 9.47. The molecule has 1 aliphatic heterocycles. The Labute approximate surface area is 223 Å². The van der Waals surface area contributed by atoms with Gasteiger partial charge in [-0.1, -0.05) is 38.5 Å². The third-order valence-electron chi connectivity index (χ3n) is 11.8. The van der Waals surface area contributed by atoms with Gasteiger partial charge >= 0.3 is 0 Å². The lowest BCUT2D eigenvalue weighted by Gasteiger charge is -2.59. The van der Waals surface area contributed by atoms with Crippen molar-refractivity contribution in [2.24, 2.45) is 22.7 Å². The first kappa shape index (κ1) is 25.9. The number of allylic oxidation sites excluding steroid dienone is 1. The van der Waals surface area contributed by atoms with Crippen LogP contribution < -0.4 is 4.90 Å². The molecule has 0 aromatic heterocycles. The Kier molecular flexibility index (Phi) is 6.15. The normalized spacial score (nSPS) is 41.3. The Hall–Kier alpha value is -1.40. The predicted molar refractivity (Wildman–Crippen MR) is 147 cm³/mol. The molecule has 37 heavy (non-hydrogen) atoms. The van der Waals surface area contributed by atoms with Gasteiger partial charge in [0.1, 0.15) is 0 Å². The Bertz CT molecular complexity index is 1060. The second-order valence-electron chi connectivity index (χ2n) is 13.5. The van der Waals surface area contributed by atoms with E-state index in [2.05, 4.69) is 64.0 Å². The molecule has 6 rings (SSSR count). The van der Waals surface area contributed by atoms with Crippen LogP contribution in [-0.2, 0) is 9.47 Å². The summed E-state index contributed by atoms with van der Waals surface area (Å²) in [5, 5.41) is 23.5. The molecule has 4 aliphatic carbocycles. The van der Waals surface area contributed by atoms with Crippen LogP contribution in [0.15, 0.2) is 35.4 Å². The predicted octanol–water partition coefficient (Wildman–Crippen LogP) is 5.80. The number of aliphatic hydroxyl groups is 2. The third kappa shape index (κ3) is 3.71. The van der Waals surface area contributed by atoms with Crippen LogP contribution in [0, 0.1) is 22.7 Å². The Morgan fingerprint density at radius 2 is 1.73 bits per heavy atom. The number of rotatable bonds is 4. The molecule has 0 bridgehead atoms. The van der Waals surface area contributed by atoms with Crippen molar-refractivity contribution in [1.29, 1.82) is 0 Å². The third-order valence-corrected chi connectivity index (χ3v) is 11.8. The standard InChI is InChI=1S/C32H47NO4/c1-6-27(34)29(2)14-12-25-23-11-15-31(35)20-32(36-17-18-37-32)16-13-26(31)28(23)24(19-30(25,29)3)21-7-9-22(10-8-21)33(4)5/h7-10,23-25,27,34-35H,6,11-20H2,1-5H3/t23?,24-,25?,27?,29-,30+,31-/m1/s1. The highest BCUT2D eigenvalue weighted by Gasteiger charge is 2.64. The van der Waals surface area contributed by atoms with Crippen LogP contribution in [-0.4, -0.2) is 55.0 Å². The molecule has 1 spiro atoms. The SMILES string of the molecule is CCC(O)[C@@]1(C)CCC2C3CC[C@@]4(O)CC5(CCC4=C3[C@@H](c3ccc(N(C)C)cc3)C[C@@]21C)OCCO5. The second kappa shape index (κ2) is 8.81. The molecular weight excluding hydrogens is 462 g/mol. The van der Waals surface area contributed by atoms with Gasteiger partial charge in [0.15, 0.2) is 5.79 Å². The van der Waals surface area contributed by atoms with Crippen molar-refractivity contribution in [1.82, 2.24) is 0 Å². The first-order chi connectivity index (χ1) is 17.6. The highest BCUT2D eigenvalue weighted by atomic mass is 16.7. The molecule has 5 nitrogen and oxygen atoms in total. The maximum absolute atomic E-state index is 12.2. The molecule has 0 radical (unpaired) electrons. The van der Waals surface area contributed by atoms with Crippen molar-refractivity contribution in [3.8, 4) is 0 Å². The van der Waals surface area contributed by atoms with E-state index in [0.717, 1.165) is 44.9 Å². The average molecular weight is 510 g/mol. The van der Waals surface area contributed by atoms with E-state index in [1.807, 2.05) is 0 Å². The molecule has 3 unspecified atom stereocenters. The molecule has 204 valence electrons. The van der Waals surface area contributed by atoms with Crippen LogP contribution in [0.2, 0.25) is 0 Å². The molecule has 5 heteroatoms. The van der Waals surface area contributed by atoms with Gasteiger partial charge in [-0.3, -0.25) is 0 Å². The van der Waals surface area contributed by atoms with Crippen molar-refractivity contribution < 1.29 is 19.7 Å².